The van der Waals surface area contributed by atoms with E-state index in [2.05, 4.69) is 10.1 Å². The molecule has 7 nitrogen and oxygen atoms in total. The summed E-state index contributed by atoms with van der Waals surface area (Å²) in [6, 6.07) is 4.94. The molecule has 1 heterocycles. The number of rotatable bonds is 4. The van der Waals surface area contributed by atoms with Crippen LogP contribution < -0.4 is 15.3 Å². The molecule has 2 rings (SSSR count). The lowest BCUT2D eigenvalue weighted by Gasteiger charge is -2.05. The molecule has 0 aliphatic rings. The van der Waals surface area contributed by atoms with Crippen molar-refractivity contribution in [1.82, 2.24) is 10.1 Å². The number of hydrogen-bond acceptors (Lipinski definition) is 6. The summed E-state index contributed by atoms with van der Waals surface area (Å²) in [6.45, 7) is 0.893. The molecule has 0 atom stereocenters. The fourth-order valence-corrected chi connectivity index (χ4v) is 1.38. The lowest BCUT2D eigenvalue weighted by atomic mass is 10.3. The van der Waals surface area contributed by atoms with Crippen molar-refractivity contribution in [1.29, 1.82) is 0 Å². The Labute approximate surface area is 97.4 Å². The van der Waals surface area contributed by atoms with E-state index in [1.807, 2.05) is 0 Å². The molecule has 0 fully saturated rings. The first kappa shape index (κ1) is 11.3. The molecule has 1 aromatic heterocycles. The highest BCUT2D eigenvalue weighted by atomic mass is 16.5. The molecule has 0 aliphatic carbocycles. The Bertz CT molecular complexity index is 532. The second-order valence-electron chi connectivity index (χ2n) is 3.33. The van der Waals surface area contributed by atoms with Crippen molar-refractivity contribution < 1.29 is 14.3 Å². The molecule has 1 aromatic carbocycles. The molecule has 0 amide bonds. The molecule has 2 N–H and O–H groups in total. The van der Waals surface area contributed by atoms with Gasteiger partial charge in [0.25, 0.3) is 11.5 Å². The van der Waals surface area contributed by atoms with Crippen LogP contribution in [0.2, 0.25) is 0 Å². The second kappa shape index (κ2) is 4.79. The van der Waals surface area contributed by atoms with Crippen LogP contribution in [0.4, 0.5) is 5.95 Å². The average Bonchev–Trinajstić information content (AvgIpc) is 2.30. The monoisotopic (exact) mass is 236 g/mol. The molecule has 0 bridgehead atoms. The smallest absolute Gasteiger partial charge is 0.288 e. The summed E-state index contributed by atoms with van der Waals surface area (Å²) < 4.78 is 10.2. The molecule has 17 heavy (non-hydrogen) atoms. The summed E-state index contributed by atoms with van der Waals surface area (Å²) in [5, 5.41) is 15.0. The van der Waals surface area contributed by atoms with Crippen molar-refractivity contribution in [2.75, 3.05) is 26.1 Å². The normalized spacial score (nSPS) is 10.6. The van der Waals surface area contributed by atoms with Crippen LogP contribution in [0.15, 0.2) is 18.2 Å². The Morgan fingerprint density at radius 3 is 3.00 bits per heavy atom. The molecule has 0 aliphatic heterocycles. The van der Waals surface area contributed by atoms with Crippen LogP contribution in [-0.2, 0) is 4.74 Å². The van der Waals surface area contributed by atoms with Crippen LogP contribution in [0.5, 0.6) is 5.75 Å². The highest BCUT2D eigenvalue weighted by molar-refractivity contribution is 5.73. The van der Waals surface area contributed by atoms with Gasteiger partial charge in [-0.05, 0) is 17.0 Å². The van der Waals surface area contributed by atoms with Gasteiger partial charge in [0.2, 0.25) is 0 Å². The first-order valence-corrected chi connectivity index (χ1v) is 4.99. The van der Waals surface area contributed by atoms with E-state index in [0.717, 1.165) is 0 Å². The van der Waals surface area contributed by atoms with Crippen LogP contribution >= 0.6 is 0 Å². The third-order valence-corrected chi connectivity index (χ3v) is 2.14. The van der Waals surface area contributed by atoms with Gasteiger partial charge in [-0.1, -0.05) is 0 Å². The first-order valence-electron chi connectivity index (χ1n) is 4.99. The number of aromatic nitrogens is 3. The molecular formula is C10H12N4O3. The molecule has 2 aromatic rings. The molecule has 0 spiro atoms. The molecule has 7 heteroatoms. The molecule has 0 unspecified atom stereocenters. The number of anilines is 1. The van der Waals surface area contributed by atoms with E-state index in [4.69, 9.17) is 15.2 Å². The van der Waals surface area contributed by atoms with E-state index in [0.29, 0.717) is 34.8 Å². The summed E-state index contributed by atoms with van der Waals surface area (Å²) in [7, 11) is 1.59. The fourth-order valence-electron chi connectivity index (χ4n) is 1.38. The number of fused-ring (bicyclic) bond motifs is 1. The largest absolute Gasteiger partial charge is 0.594 e. The predicted octanol–water partition coefficient (Wildman–Crippen LogP) is -0.129. The fraction of sp³-hybridized carbons (Fsp3) is 0.300. The summed E-state index contributed by atoms with van der Waals surface area (Å²) in [5.41, 5.74) is 6.16. The maximum absolute atomic E-state index is 11.5. The maximum Gasteiger partial charge on any atom is 0.288 e. The van der Waals surface area contributed by atoms with E-state index < -0.39 is 0 Å². The van der Waals surface area contributed by atoms with Crippen LogP contribution in [0, 0.1) is 5.21 Å². The van der Waals surface area contributed by atoms with Gasteiger partial charge in [-0.3, -0.25) is 0 Å². The molecular weight excluding hydrogens is 224 g/mol. The van der Waals surface area contributed by atoms with Gasteiger partial charge < -0.3 is 20.4 Å². The molecule has 90 valence electrons. The average molecular weight is 236 g/mol. The number of benzene rings is 1. The highest BCUT2D eigenvalue weighted by Gasteiger charge is 2.10. The SMILES string of the molecule is COCCOc1ccc2nc(N)n[n+]([O-])c2c1. The zero-order chi connectivity index (χ0) is 12.3. The summed E-state index contributed by atoms with van der Waals surface area (Å²) >= 11 is 0. The van der Waals surface area contributed by atoms with Crippen molar-refractivity contribution in [2.24, 2.45) is 0 Å². The highest BCUT2D eigenvalue weighted by Crippen LogP contribution is 2.16. The Morgan fingerprint density at radius 2 is 2.24 bits per heavy atom. The Morgan fingerprint density at radius 1 is 1.41 bits per heavy atom. The van der Waals surface area contributed by atoms with Crippen LogP contribution in [0.1, 0.15) is 0 Å². The van der Waals surface area contributed by atoms with Gasteiger partial charge in [-0.25, -0.2) is 4.98 Å². The van der Waals surface area contributed by atoms with E-state index in [1.54, 1.807) is 25.3 Å². The number of nitrogens with zero attached hydrogens (tertiary/aromatic N) is 3. The lowest BCUT2D eigenvalue weighted by molar-refractivity contribution is -0.641. The standard InChI is InChI=1S/C10H12N4O3/c1-16-4-5-17-7-2-3-8-9(6-7)14(15)13-10(11)12-8/h2-3,6H,4-5H2,1H3,(H2,11,12,13). The van der Waals surface area contributed by atoms with Crippen LogP contribution in [0.3, 0.4) is 0 Å². The van der Waals surface area contributed by atoms with Crippen LogP contribution in [0.25, 0.3) is 11.0 Å². The van der Waals surface area contributed by atoms with Crippen molar-refractivity contribution in [3.8, 4) is 5.75 Å². The van der Waals surface area contributed by atoms with Gasteiger partial charge in [-0.15, -0.1) is 0 Å². The summed E-state index contributed by atoms with van der Waals surface area (Å²) in [6.07, 6.45) is 0. The van der Waals surface area contributed by atoms with Gasteiger partial charge in [-0.2, -0.15) is 0 Å². The van der Waals surface area contributed by atoms with E-state index in [1.165, 1.54) is 0 Å². The second-order valence-corrected chi connectivity index (χ2v) is 3.33. The lowest BCUT2D eigenvalue weighted by Crippen LogP contribution is -2.33. The van der Waals surface area contributed by atoms with Gasteiger partial charge in [0.05, 0.1) is 17.8 Å². The number of hydrogen-bond donors (Lipinski definition) is 1. The maximum atomic E-state index is 11.5. The van der Waals surface area contributed by atoms with Gasteiger partial charge >= 0.3 is 0 Å². The molecule has 0 radical (unpaired) electrons. The van der Waals surface area contributed by atoms with Gasteiger partial charge in [0.1, 0.15) is 17.9 Å². The van der Waals surface area contributed by atoms with E-state index in [-0.39, 0.29) is 5.95 Å². The predicted molar refractivity (Wildman–Crippen MR) is 60.3 cm³/mol. The third kappa shape index (κ3) is 2.51. The summed E-state index contributed by atoms with van der Waals surface area (Å²) in [5.74, 6) is 0.507. The Hall–Kier alpha value is -2.15. The number of nitrogens with two attached hydrogens (primary N) is 1. The Balaban J connectivity index is 2.30. The van der Waals surface area contributed by atoms with E-state index >= 15 is 0 Å². The van der Waals surface area contributed by atoms with Crippen molar-refractivity contribution in [2.45, 2.75) is 0 Å². The molecule has 0 saturated carbocycles. The minimum atomic E-state index is -0.0550. The zero-order valence-corrected chi connectivity index (χ0v) is 9.29. The third-order valence-electron chi connectivity index (χ3n) is 2.14. The van der Waals surface area contributed by atoms with E-state index in [9.17, 15) is 5.21 Å². The Kier molecular flexibility index (Phi) is 3.20. The topological polar surface area (TPSA) is 97.2 Å². The minimum Gasteiger partial charge on any atom is -0.594 e. The van der Waals surface area contributed by atoms with Crippen molar-refractivity contribution in [3.05, 3.63) is 23.4 Å². The minimum absolute atomic E-state index is 0.0550. The first-order chi connectivity index (χ1) is 8.20. The van der Waals surface area contributed by atoms with Crippen molar-refractivity contribution in [3.63, 3.8) is 0 Å². The van der Waals surface area contributed by atoms with Crippen molar-refractivity contribution >= 4 is 17.0 Å². The quantitative estimate of drug-likeness (QED) is 0.451. The number of ether oxygens (including phenoxy) is 2. The molecule has 0 saturated heterocycles. The van der Waals surface area contributed by atoms with Gasteiger partial charge in [0, 0.05) is 7.11 Å². The zero-order valence-electron chi connectivity index (χ0n) is 9.29. The van der Waals surface area contributed by atoms with Gasteiger partial charge in [0.15, 0.2) is 0 Å². The van der Waals surface area contributed by atoms with Crippen LogP contribution in [-0.4, -0.2) is 30.4 Å². The summed E-state index contributed by atoms with van der Waals surface area (Å²) in [4.78, 5) is 4.37. The number of methoxy groups -OCH3 is 1. The number of nitrogen functional groups attached to an aromatic ring is 1.